The Hall–Kier alpha value is -2.43. The zero-order valence-electron chi connectivity index (χ0n) is 17.3. The van der Waals surface area contributed by atoms with Crippen molar-refractivity contribution in [3.63, 3.8) is 0 Å². The number of benzene rings is 2. The molecule has 0 unspecified atom stereocenters. The summed E-state index contributed by atoms with van der Waals surface area (Å²) in [5, 5.41) is 3.41. The lowest BCUT2D eigenvalue weighted by atomic mass is 10.1. The number of nitrogens with zero attached hydrogens (tertiary/aromatic N) is 2. The van der Waals surface area contributed by atoms with Gasteiger partial charge in [0.25, 0.3) is 0 Å². The number of amides is 1. The highest BCUT2D eigenvalue weighted by Crippen LogP contribution is 2.06. The van der Waals surface area contributed by atoms with Gasteiger partial charge in [-0.05, 0) is 30.5 Å². The summed E-state index contributed by atoms with van der Waals surface area (Å²) in [6, 6.07) is 20.9. The number of rotatable bonds is 10. The minimum absolute atomic E-state index is 0.278. The van der Waals surface area contributed by atoms with Crippen molar-refractivity contribution in [2.75, 3.05) is 45.8 Å². The Labute approximate surface area is 175 Å². The van der Waals surface area contributed by atoms with Crippen LogP contribution in [-0.4, -0.2) is 61.5 Å². The van der Waals surface area contributed by atoms with Crippen LogP contribution in [0.4, 0.5) is 0 Å². The quantitative estimate of drug-likeness (QED) is 0.630. The van der Waals surface area contributed by atoms with Gasteiger partial charge in [-0.2, -0.15) is 0 Å². The highest BCUT2D eigenvalue weighted by molar-refractivity contribution is 5.76. The molecule has 1 saturated heterocycles. The number of hydrogen-bond donors (Lipinski definition) is 1. The first kappa shape index (κ1) is 21.3. The van der Waals surface area contributed by atoms with Gasteiger partial charge < -0.3 is 10.2 Å². The van der Waals surface area contributed by atoms with E-state index in [9.17, 15) is 4.79 Å². The SMILES string of the molecule is O=C(CCNCCCc1ccccc1)N1CCN(C/C=C/c2ccccc2)CC1. The Morgan fingerprint density at radius 2 is 1.59 bits per heavy atom. The molecule has 1 aliphatic rings. The number of nitrogens with one attached hydrogen (secondary N) is 1. The monoisotopic (exact) mass is 391 g/mol. The van der Waals surface area contributed by atoms with Crippen LogP contribution in [-0.2, 0) is 11.2 Å². The highest BCUT2D eigenvalue weighted by Gasteiger charge is 2.19. The molecule has 0 atom stereocenters. The normalized spacial score (nSPS) is 15.1. The first-order chi connectivity index (χ1) is 14.3. The van der Waals surface area contributed by atoms with E-state index in [4.69, 9.17) is 0 Å². The predicted octanol–water partition coefficient (Wildman–Crippen LogP) is 3.46. The van der Waals surface area contributed by atoms with Gasteiger partial charge in [0.2, 0.25) is 5.91 Å². The molecule has 0 aliphatic carbocycles. The number of hydrogen-bond acceptors (Lipinski definition) is 3. The maximum absolute atomic E-state index is 12.4. The molecule has 3 rings (SSSR count). The minimum Gasteiger partial charge on any atom is -0.340 e. The van der Waals surface area contributed by atoms with Crippen LogP contribution in [0, 0.1) is 0 Å². The number of carbonyl (C=O) groups excluding carboxylic acids is 1. The van der Waals surface area contributed by atoms with Crippen LogP contribution < -0.4 is 5.32 Å². The number of carbonyl (C=O) groups is 1. The van der Waals surface area contributed by atoms with Crippen molar-refractivity contribution in [2.24, 2.45) is 0 Å². The third-order valence-corrected chi connectivity index (χ3v) is 5.38. The average Bonchev–Trinajstić information content (AvgIpc) is 2.78. The minimum atomic E-state index is 0.278. The van der Waals surface area contributed by atoms with Crippen LogP contribution >= 0.6 is 0 Å². The average molecular weight is 392 g/mol. The van der Waals surface area contributed by atoms with E-state index in [0.717, 1.165) is 58.7 Å². The largest absolute Gasteiger partial charge is 0.340 e. The molecule has 0 aromatic heterocycles. The van der Waals surface area contributed by atoms with Crippen LogP contribution in [0.15, 0.2) is 66.7 Å². The second kappa shape index (κ2) is 12.2. The molecule has 154 valence electrons. The van der Waals surface area contributed by atoms with Crippen molar-refractivity contribution in [1.82, 2.24) is 15.1 Å². The summed E-state index contributed by atoms with van der Waals surface area (Å²) in [6.07, 6.45) is 7.17. The second-order valence-corrected chi connectivity index (χ2v) is 7.58. The molecular weight excluding hydrogens is 358 g/mol. The van der Waals surface area contributed by atoms with Crippen molar-refractivity contribution < 1.29 is 4.79 Å². The third-order valence-electron chi connectivity index (χ3n) is 5.38. The number of aryl methyl sites for hydroxylation is 1. The Morgan fingerprint density at radius 1 is 0.897 bits per heavy atom. The summed E-state index contributed by atoms with van der Waals surface area (Å²) < 4.78 is 0. The fourth-order valence-electron chi connectivity index (χ4n) is 3.62. The summed E-state index contributed by atoms with van der Waals surface area (Å²) >= 11 is 0. The van der Waals surface area contributed by atoms with Gasteiger partial charge in [-0.15, -0.1) is 0 Å². The Morgan fingerprint density at radius 3 is 2.31 bits per heavy atom. The molecule has 0 radical (unpaired) electrons. The molecule has 0 bridgehead atoms. The van der Waals surface area contributed by atoms with Crippen molar-refractivity contribution in [3.8, 4) is 0 Å². The van der Waals surface area contributed by atoms with Crippen LogP contribution in [0.25, 0.3) is 6.08 Å². The lowest BCUT2D eigenvalue weighted by Crippen LogP contribution is -2.49. The summed E-state index contributed by atoms with van der Waals surface area (Å²) in [5.74, 6) is 0.278. The molecule has 2 aromatic rings. The van der Waals surface area contributed by atoms with Gasteiger partial charge in [-0.3, -0.25) is 9.69 Å². The Bertz CT molecular complexity index is 737. The van der Waals surface area contributed by atoms with Crippen LogP contribution in [0.3, 0.4) is 0 Å². The van der Waals surface area contributed by atoms with Gasteiger partial charge in [-0.25, -0.2) is 0 Å². The lowest BCUT2D eigenvalue weighted by Gasteiger charge is -2.34. The maximum Gasteiger partial charge on any atom is 0.223 e. The van der Waals surface area contributed by atoms with E-state index < -0.39 is 0 Å². The van der Waals surface area contributed by atoms with Crippen molar-refractivity contribution >= 4 is 12.0 Å². The molecule has 0 spiro atoms. The van der Waals surface area contributed by atoms with Crippen LogP contribution in [0.1, 0.15) is 24.0 Å². The molecule has 1 aliphatic heterocycles. The van der Waals surface area contributed by atoms with Gasteiger partial charge >= 0.3 is 0 Å². The molecule has 4 heteroatoms. The van der Waals surface area contributed by atoms with Gasteiger partial charge in [-0.1, -0.05) is 72.8 Å². The summed E-state index contributed by atoms with van der Waals surface area (Å²) in [7, 11) is 0. The molecule has 29 heavy (non-hydrogen) atoms. The van der Waals surface area contributed by atoms with Gasteiger partial charge in [0, 0.05) is 45.7 Å². The molecule has 1 fully saturated rings. The standard InChI is InChI=1S/C25H33N3O/c29-25(15-17-26-16-7-13-23-9-3-1-4-10-23)28-21-19-27(20-22-28)18-8-14-24-11-5-2-6-12-24/h1-6,8-12,14,26H,7,13,15-22H2/b14-8+. The Kier molecular flexibility index (Phi) is 8.95. The van der Waals surface area contributed by atoms with E-state index in [1.165, 1.54) is 11.1 Å². The third kappa shape index (κ3) is 7.84. The van der Waals surface area contributed by atoms with E-state index in [1.807, 2.05) is 11.0 Å². The fourth-order valence-corrected chi connectivity index (χ4v) is 3.62. The predicted molar refractivity (Wildman–Crippen MR) is 121 cm³/mol. The van der Waals surface area contributed by atoms with Crippen molar-refractivity contribution in [1.29, 1.82) is 0 Å². The first-order valence-corrected chi connectivity index (χ1v) is 10.8. The lowest BCUT2D eigenvalue weighted by molar-refractivity contribution is -0.132. The maximum atomic E-state index is 12.4. The van der Waals surface area contributed by atoms with Gasteiger partial charge in [0.15, 0.2) is 0 Å². The summed E-state index contributed by atoms with van der Waals surface area (Å²) in [5.41, 5.74) is 2.61. The molecule has 1 amide bonds. The zero-order valence-corrected chi connectivity index (χ0v) is 17.3. The Balaban J connectivity index is 1.24. The second-order valence-electron chi connectivity index (χ2n) is 7.58. The van der Waals surface area contributed by atoms with Crippen LogP contribution in [0.2, 0.25) is 0 Å². The van der Waals surface area contributed by atoms with E-state index in [0.29, 0.717) is 6.42 Å². The summed E-state index contributed by atoms with van der Waals surface area (Å²) in [4.78, 5) is 16.8. The smallest absolute Gasteiger partial charge is 0.223 e. The zero-order chi connectivity index (χ0) is 20.2. The molecule has 0 saturated carbocycles. The van der Waals surface area contributed by atoms with E-state index in [1.54, 1.807) is 0 Å². The first-order valence-electron chi connectivity index (χ1n) is 10.8. The van der Waals surface area contributed by atoms with Crippen LogP contribution in [0.5, 0.6) is 0 Å². The van der Waals surface area contributed by atoms with Crippen molar-refractivity contribution in [3.05, 3.63) is 77.9 Å². The topological polar surface area (TPSA) is 35.6 Å². The van der Waals surface area contributed by atoms with Gasteiger partial charge in [0.1, 0.15) is 0 Å². The molecule has 1 heterocycles. The van der Waals surface area contributed by atoms with E-state index >= 15 is 0 Å². The molecule has 2 aromatic carbocycles. The van der Waals surface area contributed by atoms with Crippen molar-refractivity contribution in [2.45, 2.75) is 19.3 Å². The van der Waals surface area contributed by atoms with E-state index in [2.05, 4.69) is 77.0 Å². The van der Waals surface area contributed by atoms with E-state index in [-0.39, 0.29) is 5.91 Å². The molecule has 4 nitrogen and oxygen atoms in total. The highest BCUT2D eigenvalue weighted by atomic mass is 16.2. The molecular formula is C25H33N3O. The number of piperazine rings is 1. The van der Waals surface area contributed by atoms with Gasteiger partial charge in [0.05, 0.1) is 0 Å². The fraction of sp³-hybridized carbons (Fsp3) is 0.400. The molecule has 1 N–H and O–H groups in total. The summed E-state index contributed by atoms with van der Waals surface area (Å²) in [6.45, 7) is 6.26.